The molecule has 0 spiro atoms. The smallest absolute Gasteiger partial charge is 0.335 e. The van der Waals surface area contributed by atoms with Crippen molar-refractivity contribution in [1.82, 2.24) is 4.57 Å². The van der Waals surface area contributed by atoms with E-state index in [0.29, 0.717) is 22.9 Å². The third kappa shape index (κ3) is 3.56. The molecule has 1 aromatic heterocycles. The lowest BCUT2D eigenvalue weighted by Gasteiger charge is -2.09. The Balaban J connectivity index is 2.29. The number of halogens is 2. The Morgan fingerprint density at radius 1 is 1.19 bits per heavy atom. The van der Waals surface area contributed by atoms with Crippen LogP contribution in [0.25, 0.3) is 0 Å². The maximum absolute atomic E-state index is 12.2. The predicted molar refractivity (Wildman–Crippen MR) is 81.5 cm³/mol. The van der Waals surface area contributed by atoms with Crippen LogP contribution in [-0.2, 0) is 6.54 Å². The predicted octanol–water partition coefficient (Wildman–Crippen LogP) is 3.77. The fraction of sp³-hybridized carbons (Fsp3) is 0.143. The number of hydrogen-bond acceptors (Lipinski definition) is 2. The number of hydrogen-bond donors (Lipinski definition) is 2. The van der Waals surface area contributed by atoms with Crippen LogP contribution >= 0.6 is 23.2 Å². The molecule has 5 nitrogen and oxygen atoms in total. The van der Waals surface area contributed by atoms with Gasteiger partial charge in [0.25, 0.3) is 5.91 Å². The number of aromatic nitrogens is 1. The summed E-state index contributed by atoms with van der Waals surface area (Å²) in [7, 11) is 0. The van der Waals surface area contributed by atoms with E-state index in [4.69, 9.17) is 28.3 Å². The summed E-state index contributed by atoms with van der Waals surface area (Å²) in [6, 6.07) is 5.67. The van der Waals surface area contributed by atoms with Crippen molar-refractivity contribution in [3.8, 4) is 0 Å². The number of amides is 1. The average molecular weight is 327 g/mol. The van der Waals surface area contributed by atoms with Gasteiger partial charge in [-0.2, -0.15) is 0 Å². The SMILES string of the molecule is CCn1cc(Cl)cc1C(=O)Nc1cc(Cl)cc(C(=O)O)c1. The van der Waals surface area contributed by atoms with Crippen molar-refractivity contribution in [2.24, 2.45) is 0 Å². The number of benzene rings is 1. The van der Waals surface area contributed by atoms with Crippen molar-refractivity contribution in [1.29, 1.82) is 0 Å². The maximum Gasteiger partial charge on any atom is 0.335 e. The van der Waals surface area contributed by atoms with Gasteiger partial charge in [0.05, 0.1) is 10.6 Å². The highest BCUT2D eigenvalue weighted by Gasteiger charge is 2.14. The Bertz CT molecular complexity index is 710. The zero-order valence-corrected chi connectivity index (χ0v) is 12.6. The molecule has 2 rings (SSSR count). The molecule has 0 aliphatic carbocycles. The number of nitrogens with zero attached hydrogens (tertiary/aromatic N) is 1. The molecule has 0 unspecified atom stereocenters. The van der Waals surface area contributed by atoms with Crippen LogP contribution in [0.4, 0.5) is 5.69 Å². The Kier molecular flexibility index (Phi) is 4.55. The first-order chi connectivity index (χ1) is 9.90. The van der Waals surface area contributed by atoms with E-state index >= 15 is 0 Å². The Morgan fingerprint density at radius 3 is 2.52 bits per heavy atom. The molecule has 7 heteroatoms. The fourth-order valence-corrected chi connectivity index (χ4v) is 2.36. The van der Waals surface area contributed by atoms with Gasteiger partial charge in [-0.3, -0.25) is 4.79 Å². The number of carbonyl (C=O) groups is 2. The van der Waals surface area contributed by atoms with Gasteiger partial charge in [-0.05, 0) is 31.2 Å². The van der Waals surface area contributed by atoms with Gasteiger partial charge in [-0.15, -0.1) is 0 Å². The van der Waals surface area contributed by atoms with Gasteiger partial charge < -0.3 is 15.0 Å². The van der Waals surface area contributed by atoms with E-state index in [1.807, 2.05) is 6.92 Å². The molecule has 0 saturated carbocycles. The molecule has 0 saturated heterocycles. The van der Waals surface area contributed by atoms with Crippen LogP contribution in [0.5, 0.6) is 0 Å². The lowest BCUT2D eigenvalue weighted by atomic mass is 10.2. The van der Waals surface area contributed by atoms with Crippen molar-refractivity contribution in [3.63, 3.8) is 0 Å². The van der Waals surface area contributed by atoms with Gasteiger partial charge in [0.15, 0.2) is 0 Å². The summed E-state index contributed by atoms with van der Waals surface area (Å²) in [5.41, 5.74) is 0.700. The fourth-order valence-electron chi connectivity index (χ4n) is 1.91. The highest BCUT2D eigenvalue weighted by atomic mass is 35.5. The highest BCUT2D eigenvalue weighted by molar-refractivity contribution is 6.31. The molecule has 0 aliphatic heterocycles. The van der Waals surface area contributed by atoms with Crippen molar-refractivity contribution >= 4 is 40.8 Å². The second-order valence-corrected chi connectivity index (χ2v) is 5.19. The standard InChI is InChI=1S/C14H12Cl2N2O3/c1-2-18-7-10(16)6-12(18)13(19)17-11-4-8(14(20)21)3-9(15)5-11/h3-7H,2H2,1H3,(H,17,19)(H,20,21). The molecule has 2 aromatic rings. The molecule has 1 amide bonds. The molecule has 1 heterocycles. The molecule has 21 heavy (non-hydrogen) atoms. The van der Waals surface area contributed by atoms with E-state index in [2.05, 4.69) is 5.32 Å². The van der Waals surface area contributed by atoms with E-state index in [1.54, 1.807) is 16.8 Å². The van der Waals surface area contributed by atoms with E-state index in [-0.39, 0.29) is 16.5 Å². The van der Waals surface area contributed by atoms with E-state index in [9.17, 15) is 9.59 Å². The minimum Gasteiger partial charge on any atom is -0.478 e. The van der Waals surface area contributed by atoms with Crippen molar-refractivity contribution < 1.29 is 14.7 Å². The Labute approximate surface area is 131 Å². The second kappa shape index (κ2) is 6.20. The van der Waals surface area contributed by atoms with Gasteiger partial charge in [-0.25, -0.2) is 4.79 Å². The van der Waals surface area contributed by atoms with Gasteiger partial charge in [-0.1, -0.05) is 23.2 Å². The monoisotopic (exact) mass is 326 g/mol. The van der Waals surface area contributed by atoms with Gasteiger partial charge in [0, 0.05) is 23.5 Å². The van der Waals surface area contributed by atoms with Gasteiger partial charge in [0.1, 0.15) is 5.69 Å². The largest absolute Gasteiger partial charge is 0.478 e. The molecule has 1 aromatic carbocycles. The minimum atomic E-state index is -1.12. The van der Waals surface area contributed by atoms with E-state index in [1.165, 1.54) is 18.2 Å². The van der Waals surface area contributed by atoms with Crippen LogP contribution in [0, 0.1) is 0 Å². The number of aromatic carboxylic acids is 1. The van der Waals surface area contributed by atoms with Crippen molar-refractivity contribution in [2.45, 2.75) is 13.5 Å². The van der Waals surface area contributed by atoms with Crippen molar-refractivity contribution in [2.75, 3.05) is 5.32 Å². The highest BCUT2D eigenvalue weighted by Crippen LogP contribution is 2.21. The average Bonchev–Trinajstić information content (AvgIpc) is 2.79. The molecular formula is C14H12Cl2N2O3. The number of aryl methyl sites for hydroxylation is 1. The summed E-state index contributed by atoms with van der Waals surface area (Å²) >= 11 is 11.7. The first-order valence-electron chi connectivity index (χ1n) is 6.11. The van der Waals surface area contributed by atoms with Crippen LogP contribution in [0.2, 0.25) is 10.0 Å². The van der Waals surface area contributed by atoms with Crippen LogP contribution in [0.1, 0.15) is 27.8 Å². The molecule has 0 atom stereocenters. The summed E-state index contributed by atoms with van der Waals surface area (Å²) < 4.78 is 1.69. The van der Waals surface area contributed by atoms with Crippen LogP contribution in [-0.4, -0.2) is 21.6 Å². The first kappa shape index (κ1) is 15.4. The Hall–Kier alpha value is -1.98. The number of rotatable bonds is 4. The number of carbonyl (C=O) groups excluding carboxylic acids is 1. The van der Waals surface area contributed by atoms with Crippen LogP contribution in [0.15, 0.2) is 30.5 Å². The normalized spacial score (nSPS) is 10.4. The summed E-state index contributed by atoms with van der Waals surface area (Å²) in [5, 5.41) is 12.3. The lowest BCUT2D eigenvalue weighted by molar-refractivity contribution is 0.0696. The van der Waals surface area contributed by atoms with Crippen LogP contribution < -0.4 is 5.32 Å². The van der Waals surface area contributed by atoms with Gasteiger partial charge in [0.2, 0.25) is 0 Å². The third-order valence-corrected chi connectivity index (χ3v) is 3.26. The minimum absolute atomic E-state index is 0.00158. The molecule has 110 valence electrons. The topological polar surface area (TPSA) is 71.3 Å². The third-order valence-electron chi connectivity index (χ3n) is 2.84. The quantitative estimate of drug-likeness (QED) is 0.898. The first-order valence-corrected chi connectivity index (χ1v) is 6.87. The molecule has 0 fully saturated rings. The lowest BCUT2D eigenvalue weighted by Crippen LogP contribution is -2.16. The van der Waals surface area contributed by atoms with Crippen LogP contribution in [0.3, 0.4) is 0 Å². The zero-order valence-electron chi connectivity index (χ0n) is 11.1. The molecule has 2 N–H and O–H groups in total. The van der Waals surface area contributed by atoms with E-state index in [0.717, 1.165) is 0 Å². The number of nitrogens with one attached hydrogen (secondary N) is 1. The van der Waals surface area contributed by atoms with Gasteiger partial charge >= 0.3 is 5.97 Å². The van der Waals surface area contributed by atoms with E-state index < -0.39 is 5.97 Å². The summed E-state index contributed by atoms with van der Waals surface area (Å²) in [6.45, 7) is 2.47. The molecule has 0 radical (unpaired) electrons. The molecule has 0 bridgehead atoms. The molecular weight excluding hydrogens is 315 g/mol. The summed E-state index contributed by atoms with van der Waals surface area (Å²) in [5.74, 6) is -1.50. The number of anilines is 1. The molecule has 0 aliphatic rings. The van der Waals surface area contributed by atoms with Crippen molar-refractivity contribution in [3.05, 3.63) is 51.8 Å². The Morgan fingerprint density at radius 2 is 1.90 bits per heavy atom. The number of carboxylic acids is 1. The second-order valence-electron chi connectivity index (χ2n) is 4.32. The summed E-state index contributed by atoms with van der Waals surface area (Å²) in [4.78, 5) is 23.2. The summed E-state index contributed by atoms with van der Waals surface area (Å²) in [6.07, 6.45) is 1.65. The number of carboxylic acid groups (broad SMARTS) is 1. The zero-order chi connectivity index (χ0) is 15.6. The maximum atomic E-state index is 12.2.